The topological polar surface area (TPSA) is 96.8 Å². The van der Waals surface area contributed by atoms with Crippen LogP contribution in [0.25, 0.3) is 0 Å². The molecule has 1 N–H and O–H groups in total. The molecule has 1 aromatic rings. The largest absolute Gasteiger partial charge is 0.479 e. The molecule has 0 saturated carbocycles. The first-order valence-corrected chi connectivity index (χ1v) is 6.70. The van der Waals surface area contributed by atoms with E-state index in [0.29, 0.717) is 0 Å². The second-order valence-electron chi connectivity index (χ2n) is 3.75. The van der Waals surface area contributed by atoms with Crippen molar-refractivity contribution in [3.8, 4) is 0 Å². The molecule has 1 unspecified atom stereocenters. The molecule has 18 heavy (non-hydrogen) atoms. The predicted octanol–water partition coefficient (Wildman–Crippen LogP) is -0.444. The molecule has 1 saturated heterocycles. The molecule has 0 radical (unpaired) electrons. The summed E-state index contributed by atoms with van der Waals surface area (Å²) < 4.78 is 30.5. The summed E-state index contributed by atoms with van der Waals surface area (Å²) in [7, 11) is -3.70. The minimum Gasteiger partial charge on any atom is -0.479 e. The quantitative estimate of drug-likeness (QED) is 0.801. The van der Waals surface area contributed by atoms with Crippen LogP contribution >= 0.6 is 0 Å². The maximum absolute atomic E-state index is 12.2. The Kier molecular flexibility index (Phi) is 3.60. The zero-order valence-corrected chi connectivity index (χ0v) is 10.2. The number of rotatable bonds is 3. The Bertz CT molecular complexity index is 530. The van der Waals surface area contributed by atoms with Gasteiger partial charge in [-0.05, 0) is 12.1 Å². The van der Waals surface area contributed by atoms with Gasteiger partial charge < -0.3 is 9.84 Å². The van der Waals surface area contributed by atoms with E-state index in [1.165, 1.54) is 24.5 Å². The van der Waals surface area contributed by atoms with Gasteiger partial charge in [-0.3, -0.25) is 4.98 Å². The van der Waals surface area contributed by atoms with Crippen molar-refractivity contribution in [3.05, 3.63) is 24.5 Å². The van der Waals surface area contributed by atoms with Crippen LogP contribution in [0.2, 0.25) is 0 Å². The van der Waals surface area contributed by atoms with Crippen molar-refractivity contribution in [2.45, 2.75) is 11.0 Å². The lowest BCUT2D eigenvalue weighted by molar-refractivity contribution is -0.153. The van der Waals surface area contributed by atoms with E-state index in [0.717, 1.165) is 4.31 Å². The van der Waals surface area contributed by atoms with Crippen molar-refractivity contribution in [3.63, 3.8) is 0 Å². The molecule has 2 rings (SSSR count). The Hall–Kier alpha value is -1.51. The molecule has 0 spiro atoms. The molecule has 7 nitrogen and oxygen atoms in total. The molecule has 2 heterocycles. The van der Waals surface area contributed by atoms with E-state index in [9.17, 15) is 13.2 Å². The van der Waals surface area contributed by atoms with Gasteiger partial charge in [-0.15, -0.1) is 0 Å². The van der Waals surface area contributed by atoms with E-state index in [2.05, 4.69) is 4.98 Å². The number of aromatic nitrogens is 1. The monoisotopic (exact) mass is 272 g/mol. The van der Waals surface area contributed by atoms with Crippen LogP contribution in [0.4, 0.5) is 0 Å². The van der Waals surface area contributed by atoms with Gasteiger partial charge in [-0.2, -0.15) is 4.31 Å². The summed E-state index contributed by atoms with van der Waals surface area (Å²) in [5.41, 5.74) is 0. The van der Waals surface area contributed by atoms with Gasteiger partial charge in [0.05, 0.1) is 13.2 Å². The van der Waals surface area contributed by atoms with Crippen LogP contribution in [0.1, 0.15) is 0 Å². The molecule has 0 amide bonds. The normalized spacial score (nSPS) is 21.7. The van der Waals surface area contributed by atoms with Crippen LogP contribution in [-0.4, -0.2) is 54.6 Å². The molecule has 1 aliphatic heterocycles. The summed E-state index contributed by atoms with van der Waals surface area (Å²) in [6, 6.07) is 2.94. The molecule has 8 heteroatoms. The fraction of sp³-hybridized carbons (Fsp3) is 0.400. The number of nitrogens with zero attached hydrogens (tertiary/aromatic N) is 2. The van der Waals surface area contributed by atoms with Crippen molar-refractivity contribution in [2.75, 3.05) is 19.7 Å². The van der Waals surface area contributed by atoms with Crippen LogP contribution in [0.15, 0.2) is 29.4 Å². The summed E-state index contributed by atoms with van der Waals surface area (Å²) in [4.78, 5) is 14.6. The third-order valence-corrected chi connectivity index (χ3v) is 4.43. The van der Waals surface area contributed by atoms with Gasteiger partial charge in [-0.25, -0.2) is 13.2 Å². The van der Waals surface area contributed by atoms with Crippen molar-refractivity contribution in [2.24, 2.45) is 0 Å². The summed E-state index contributed by atoms with van der Waals surface area (Å²) in [5, 5.41) is 8.83. The van der Waals surface area contributed by atoms with Crippen LogP contribution in [0, 0.1) is 0 Å². The number of ether oxygens (including phenoxy) is 1. The highest BCUT2D eigenvalue weighted by atomic mass is 32.2. The summed E-state index contributed by atoms with van der Waals surface area (Å²) in [5.74, 6) is -1.17. The van der Waals surface area contributed by atoms with Gasteiger partial charge in [0.25, 0.3) is 0 Å². The Morgan fingerprint density at radius 2 is 2.33 bits per heavy atom. The summed E-state index contributed by atoms with van der Waals surface area (Å²) in [6.07, 6.45) is 1.59. The Balaban J connectivity index is 2.23. The fourth-order valence-electron chi connectivity index (χ4n) is 1.64. The Morgan fingerprint density at radius 3 is 2.94 bits per heavy atom. The fourth-order valence-corrected chi connectivity index (χ4v) is 3.03. The van der Waals surface area contributed by atoms with Gasteiger partial charge >= 0.3 is 5.97 Å². The van der Waals surface area contributed by atoms with Gasteiger partial charge in [0, 0.05) is 18.9 Å². The van der Waals surface area contributed by atoms with Crippen LogP contribution in [0.5, 0.6) is 0 Å². The lowest BCUT2D eigenvalue weighted by Crippen LogP contribution is -2.48. The molecule has 1 atom stereocenters. The third-order valence-electron chi connectivity index (χ3n) is 2.58. The van der Waals surface area contributed by atoms with Gasteiger partial charge in [0.1, 0.15) is 4.90 Å². The predicted molar refractivity (Wildman–Crippen MR) is 60.4 cm³/mol. The Labute approximate surface area is 104 Å². The minimum absolute atomic E-state index is 0.0519. The van der Waals surface area contributed by atoms with Crippen molar-refractivity contribution in [1.29, 1.82) is 0 Å². The second kappa shape index (κ2) is 5.01. The number of morpholine rings is 1. The van der Waals surface area contributed by atoms with Gasteiger partial charge in [-0.1, -0.05) is 0 Å². The maximum atomic E-state index is 12.2. The molecule has 0 aromatic carbocycles. The molecular formula is C10H12N2O5S. The highest BCUT2D eigenvalue weighted by molar-refractivity contribution is 7.89. The number of hydrogen-bond acceptors (Lipinski definition) is 5. The molecule has 1 aliphatic rings. The number of pyridine rings is 1. The van der Waals surface area contributed by atoms with Crippen molar-refractivity contribution in [1.82, 2.24) is 9.29 Å². The Morgan fingerprint density at radius 1 is 1.56 bits per heavy atom. The molecule has 0 aliphatic carbocycles. The average molecular weight is 272 g/mol. The van der Waals surface area contributed by atoms with Gasteiger partial charge in [0.15, 0.2) is 6.10 Å². The maximum Gasteiger partial charge on any atom is 0.334 e. The third kappa shape index (κ3) is 2.50. The van der Waals surface area contributed by atoms with E-state index in [-0.39, 0.29) is 24.6 Å². The molecule has 0 bridgehead atoms. The van der Waals surface area contributed by atoms with E-state index in [1.807, 2.05) is 0 Å². The lowest BCUT2D eigenvalue weighted by Gasteiger charge is -2.29. The zero-order valence-electron chi connectivity index (χ0n) is 9.39. The molecule has 98 valence electrons. The number of carboxylic acid groups (broad SMARTS) is 1. The van der Waals surface area contributed by atoms with Crippen molar-refractivity contribution < 1.29 is 23.1 Å². The van der Waals surface area contributed by atoms with Crippen LogP contribution < -0.4 is 0 Å². The number of hydrogen-bond donors (Lipinski definition) is 1. The number of carboxylic acids is 1. The second-order valence-corrected chi connectivity index (χ2v) is 5.69. The summed E-state index contributed by atoms with van der Waals surface area (Å²) >= 11 is 0. The number of aliphatic carboxylic acids is 1. The van der Waals surface area contributed by atoms with E-state index in [1.54, 1.807) is 0 Å². The minimum atomic E-state index is -3.70. The van der Waals surface area contributed by atoms with E-state index in [4.69, 9.17) is 9.84 Å². The molecule has 1 aromatic heterocycles. The SMILES string of the molecule is O=C(O)C1CN(S(=O)(=O)c2cccnc2)CCO1. The summed E-state index contributed by atoms with van der Waals surface area (Å²) in [6.45, 7) is 0.0179. The highest BCUT2D eigenvalue weighted by Crippen LogP contribution is 2.17. The molecule has 1 fully saturated rings. The first kappa shape index (κ1) is 12.9. The van der Waals surface area contributed by atoms with Gasteiger partial charge in [0.2, 0.25) is 10.0 Å². The highest BCUT2D eigenvalue weighted by Gasteiger charge is 2.33. The van der Waals surface area contributed by atoms with Crippen molar-refractivity contribution >= 4 is 16.0 Å². The number of carbonyl (C=O) groups is 1. The van der Waals surface area contributed by atoms with Crippen LogP contribution in [-0.2, 0) is 19.6 Å². The first-order chi connectivity index (χ1) is 8.51. The standard InChI is InChI=1S/C10H12N2O5S/c13-10(14)9-7-12(4-5-17-9)18(15,16)8-2-1-3-11-6-8/h1-3,6,9H,4-5,7H2,(H,13,14). The van der Waals surface area contributed by atoms with E-state index >= 15 is 0 Å². The van der Waals surface area contributed by atoms with Crippen LogP contribution in [0.3, 0.4) is 0 Å². The number of sulfonamides is 1. The first-order valence-electron chi connectivity index (χ1n) is 5.26. The van der Waals surface area contributed by atoms with E-state index < -0.39 is 22.1 Å². The average Bonchev–Trinajstić information content (AvgIpc) is 2.40. The zero-order chi connectivity index (χ0) is 13.2. The smallest absolute Gasteiger partial charge is 0.334 e. The molecular weight excluding hydrogens is 260 g/mol. The lowest BCUT2D eigenvalue weighted by atomic mass is 10.3.